The summed E-state index contributed by atoms with van der Waals surface area (Å²) in [5.74, 6) is 0. The van der Waals surface area contributed by atoms with E-state index >= 15 is 0 Å². The van der Waals surface area contributed by atoms with Gasteiger partial charge in [-0.25, -0.2) is 0 Å². The second-order valence-corrected chi connectivity index (χ2v) is 2.54. The van der Waals surface area contributed by atoms with E-state index in [4.69, 9.17) is 15.3 Å². The lowest BCUT2D eigenvalue weighted by atomic mass is 9.84. The summed E-state index contributed by atoms with van der Waals surface area (Å²) in [7, 11) is 0. The van der Waals surface area contributed by atoms with E-state index in [0.29, 0.717) is 5.57 Å². The molecule has 3 N–H and O–H groups in total. The van der Waals surface area contributed by atoms with Crippen LogP contribution in [0.5, 0.6) is 0 Å². The highest BCUT2D eigenvalue weighted by Gasteiger charge is 2.28. The Balaban J connectivity index is 4.31. The summed E-state index contributed by atoms with van der Waals surface area (Å²) in [6.07, 6.45) is 0. The zero-order valence-electron chi connectivity index (χ0n) is 6.17. The van der Waals surface area contributed by atoms with Crippen molar-refractivity contribution in [3.05, 3.63) is 12.2 Å². The number of hydrogen-bond acceptors (Lipinski definition) is 3. The lowest BCUT2D eigenvalue weighted by Gasteiger charge is -2.27. The standard InChI is InChI=1S/C7H14O3/c1-6(2)7(3-8,4-9)5-10/h8-10H,1,3-5H2,2H3. The largest absolute Gasteiger partial charge is 0.395 e. The highest BCUT2D eigenvalue weighted by molar-refractivity contribution is 5.07. The average Bonchev–Trinajstić information content (AvgIpc) is 1.92. The maximum atomic E-state index is 8.77. The van der Waals surface area contributed by atoms with Crippen molar-refractivity contribution in [3.63, 3.8) is 0 Å². The van der Waals surface area contributed by atoms with Gasteiger partial charge in [-0.1, -0.05) is 12.2 Å². The van der Waals surface area contributed by atoms with Crippen LogP contribution in [0.3, 0.4) is 0 Å². The van der Waals surface area contributed by atoms with Crippen LogP contribution in [0.15, 0.2) is 12.2 Å². The van der Waals surface area contributed by atoms with Crippen LogP contribution in [-0.4, -0.2) is 35.1 Å². The Kier molecular flexibility index (Phi) is 3.57. The van der Waals surface area contributed by atoms with E-state index in [9.17, 15) is 0 Å². The van der Waals surface area contributed by atoms with Gasteiger partial charge >= 0.3 is 0 Å². The lowest BCUT2D eigenvalue weighted by molar-refractivity contribution is 0.0337. The summed E-state index contributed by atoms with van der Waals surface area (Å²) in [5, 5.41) is 26.3. The van der Waals surface area contributed by atoms with Gasteiger partial charge in [-0.3, -0.25) is 0 Å². The number of aliphatic hydroxyl groups is 3. The van der Waals surface area contributed by atoms with E-state index in [1.54, 1.807) is 6.92 Å². The third-order valence-corrected chi connectivity index (χ3v) is 1.81. The van der Waals surface area contributed by atoms with E-state index in [2.05, 4.69) is 6.58 Å². The van der Waals surface area contributed by atoms with E-state index in [1.807, 2.05) is 0 Å². The Hall–Kier alpha value is -0.380. The van der Waals surface area contributed by atoms with Crippen molar-refractivity contribution < 1.29 is 15.3 Å². The molecule has 0 saturated heterocycles. The third kappa shape index (κ3) is 1.56. The molecule has 0 aliphatic carbocycles. The first-order valence-corrected chi connectivity index (χ1v) is 3.11. The van der Waals surface area contributed by atoms with Crippen LogP contribution >= 0.6 is 0 Å². The molecule has 0 heterocycles. The topological polar surface area (TPSA) is 60.7 Å². The fourth-order valence-corrected chi connectivity index (χ4v) is 0.555. The first-order valence-electron chi connectivity index (χ1n) is 3.11. The summed E-state index contributed by atoms with van der Waals surface area (Å²) in [6.45, 7) is 4.42. The van der Waals surface area contributed by atoms with Gasteiger partial charge in [0.05, 0.1) is 25.2 Å². The van der Waals surface area contributed by atoms with Crippen molar-refractivity contribution in [2.45, 2.75) is 6.92 Å². The first-order chi connectivity index (χ1) is 4.63. The van der Waals surface area contributed by atoms with Gasteiger partial charge in [-0.05, 0) is 6.92 Å². The average molecular weight is 146 g/mol. The smallest absolute Gasteiger partial charge is 0.0600 e. The van der Waals surface area contributed by atoms with Crippen molar-refractivity contribution in [3.8, 4) is 0 Å². The molecule has 10 heavy (non-hydrogen) atoms. The summed E-state index contributed by atoms with van der Waals surface area (Å²) >= 11 is 0. The minimum absolute atomic E-state index is 0.269. The van der Waals surface area contributed by atoms with Crippen molar-refractivity contribution in [1.82, 2.24) is 0 Å². The molecule has 0 amide bonds. The molecule has 0 unspecified atom stereocenters. The van der Waals surface area contributed by atoms with Gasteiger partial charge in [0.15, 0.2) is 0 Å². The van der Waals surface area contributed by atoms with Gasteiger partial charge in [0.2, 0.25) is 0 Å². The molecule has 0 rings (SSSR count). The molecular formula is C7H14O3. The van der Waals surface area contributed by atoms with E-state index < -0.39 is 5.41 Å². The van der Waals surface area contributed by atoms with Crippen molar-refractivity contribution in [2.75, 3.05) is 19.8 Å². The molecule has 0 spiro atoms. The predicted octanol–water partition coefficient (Wildman–Crippen LogP) is -0.474. The molecule has 0 aliphatic rings. The zero-order valence-corrected chi connectivity index (χ0v) is 6.17. The Bertz CT molecular complexity index is 108. The van der Waals surface area contributed by atoms with Gasteiger partial charge in [-0.15, -0.1) is 0 Å². The van der Waals surface area contributed by atoms with Crippen LogP contribution in [0.2, 0.25) is 0 Å². The monoisotopic (exact) mass is 146 g/mol. The second kappa shape index (κ2) is 3.71. The Morgan fingerprint density at radius 3 is 1.50 bits per heavy atom. The second-order valence-electron chi connectivity index (χ2n) is 2.54. The molecule has 60 valence electrons. The molecule has 3 heteroatoms. The van der Waals surface area contributed by atoms with Gasteiger partial charge in [0, 0.05) is 0 Å². The van der Waals surface area contributed by atoms with E-state index in [1.165, 1.54) is 0 Å². The highest BCUT2D eigenvalue weighted by Crippen LogP contribution is 2.23. The maximum absolute atomic E-state index is 8.77. The quantitative estimate of drug-likeness (QED) is 0.470. The third-order valence-electron chi connectivity index (χ3n) is 1.81. The van der Waals surface area contributed by atoms with Crippen LogP contribution in [-0.2, 0) is 0 Å². The Labute approximate surface area is 60.6 Å². The van der Waals surface area contributed by atoms with Gasteiger partial charge in [0.25, 0.3) is 0 Å². The van der Waals surface area contributed by atoms with E-state index in [0.717, 1.165) is 0 Å². The number of hydrogen-bond donors (Lipinski definition) is 3. The van der Waals surface area contributed by atoms with Crippen LogP contribution in [0.25, 0.3) is 0 Å². The fourth-order valence-electron chi connectivity index (χ4n) is 0.555. The van der Waals surface area contributed by atoms with Gasteiger partial charge < -0.3 is 15.3 Å². The van der Waals surface area contributed by atoms with Crippen molar-refractivity contribution in [2.24, 2.45) is 5.41 Å². The summed E-state index contributed by atoms with van der Waals surface area (Å²) in [6, 6.07) is 0. The van der Waals surface area contributed by atoms with Gasteiger partial charge in [-0.2, -0.15) is 0 Å². The number of aliphatic hydroxyl groups excluding tert-OH is 3. The molecule has 0 bridgehead atoms. The van der Waals surface area contributed by atoms with Crippen molar-refractivity contribution >= 4 is 0 Å². The molecule has 0 fully saturated rings. The fraction of sp³-hybridized carbons (Fsp3) is 0.714. The van der Waals surface area contributed by atoms with Crippen LogP contribution in [0.4, 0.5) is 0 Å². The van der Waals surface area contributed by atoms with Crippen molar-refractivity contribution in [1.29, 1.82) is 0 Å². The van der Waals surface area contributed by atoms with Crippen LogP contribution in [0, 0.1) is 5.41 Å². The Morgan fingerprint density at radius 1 is 1.20 bits per heavy atom. The molecule has 0 aromatic heterocycles. The Morgan fingerprint density at radius 2 is 1.50 bits per heavy atom. The molecule has 0 atom stereocenters. The molecule has 0 saturated carbocycles. The molecule has 3 nitrogen and oxygen atoms in total. The normalized spacial score (nSPS) is 11.6. The summed E-state index contributed by atoms with van der Waals surface area (Å²) in [5.41, 5.74) is -0.306. The van der Waals surface area contributed by atoms with Crippen LogP contribution < -0.4 is 0 Å². The molecule has 0 aliphatic heterocycles. The zero-order chi connectivity index (χ0) is 8.20. The first kappa shape index (κ1) is 9.62. The summed E-state index contributed by atoms with van der Waals surface area (Å²) in [4.78, 5) is 0. The van der Waals surface area contributed by atoms with Crippen LogP contribution in [0.1, 0.15) is 6.92 Å². The van der Waals surface area contributed by atoms with Gasteiger partial charge in [0.1, 0.15) is 0 Å². The maximum Gasteiger partial charge on any atom is 0.0600 e. The lowest BCUT2D eigenvalue weighted by Crippen LogP contribution is -2.34. The number of rotatable bonds is 4. The molecular weight excluding hydrogens is 132 g/mol. The highest BCUT2D eigenvalue weighted by atomic mass is 16.3. The molecule has 0 radical (unpaired) electrons. The molecule has 0 aromatic carbocycles. The minimum atomic E-state index is -0.903. The molecule has 0 aromatic rings. The SMILES string of the molecule is C=C(C)C(CO)(CO)CO. The summed E-state index contributed by atoms with van der Waals surface area (Å²) < 4.78 is 0. The minimum Gasteiger partial charge on any atom is -0.395 e. The van der Waals surface area contributed by atoms with E-state index in [-0.39, 0.29) is 19.8 Å². The predicted molar refractivity (Wildman–Crippen MR) is 38.5 cm³/mol.